The maximum atomic E-state index is 13.1. The molecule has 2 atom stereocenters. The van der Waals surface area contributed by atoms with Crippen molar-refractivity contribution in [2.24, 2.45) is 11.6 Å². The molecule has 0 aliphatic carbocycles. The monoisotopic (exact) mass is 510 g/mol. The second-order valence-corrected chi connectivity index (χ2v) is 8.79. The molecule has 2 aromatic carbocycles. The van der Waals surface area contributed by atoms with Gasteiger partial charge in [-0.2, -0.15) is 5.90 Å². The number of aliphatic carboxylic acids is 1. The van der Waals surface area contributed by atoms with Gasteiger partial charge in [0.25, 0.3) is 0 Å². The molecule has 10 heteroatoms. The number of carboxylic acids is 1. The van der Waals surface area contributed by atoms with E-state index in [1.165, 1.54) is 0 Å². The zero-order valence-electron chi connectivity index (χ0n) is 20.7. The molecule has 0 saturated heterocycles. The van der Waals surface area contributed by atoms with Crippen molar-refractivity contribution >= 4 is 29.5 Å². The average Bonchev–Trinajstić information content (AvgIpc) is 2.89. The van der Waals surface area contributed by atoms with E-state index < -0.39 is 29.8 Å². The van der Waals surface area contributed by atoms with Gasteiger partial charge in [-0.25, -0.2) is 4.79 Å². The fourth-order valence-electron chi connectivity index (χ4n) is 3.98. The van der Waals surface area contributed by atoms with E-state index in [-0.39, 0.29) is 30.9 Å². The molecule has 0 heterocycles. The molecule has 0 fully saturated rings. The molecule has 0 aliphatic heterocycles. The third-order valence-electron chi connectivity index (χ3n) is 6.02. The standard InChI is InChI=1S/C27H34N4O6/c28-26(29)20-15-13-18(14-16-20)7-4-5-11-24(33)31-22(27(35)36)17-23(32)21(10-6-12-25(34)37-30)19-8-2-1-3-9-19/h1-3,8-9,13-16,21-22H,4-7,10-12,17,30H2,(H3,28,29)(H,31,33)(H,35,36)/t21-,22?/m1/s1. The number of amides is 1. The van der Waals surface area contributed by atoms with Crippen LogP contribution < -0.4 is 16.9 Å². The fourth-order valence-corrected chi connectivity index (χ4v) is 3.98. The van der Waals surface area contributed by atoms with Crippen LogP contribution in [0.2, 0.25) is 0 Å². The van der Waals surface area contributed by atoms with Crippen LogP contribution in [0.1, 0.15) is 67.6 Å². The first-order chi connectivity index (χ1) is 17.7. The van der Waals surface area contributed by atoms with E-state index in [4.69, 9.17) is 17.0 Å². The highest BCUT2D eigenvalue weighted by Gasteiger charge is 2.28. The Labute approximate surface area is 215 Å². The predicted octanol–water partition coefficient (Wildman–Crippen LogP) is 2.58. The lowest BCUT2D eigenvalue weighted by molar-refractivity contribution is -0.144. The van der Waals surface area contributed by atoms with Crippen LogP contribution in [0.15, 0.2) is 54.6 Å². The van der Waals surface area contributed by atoms with Crippen LogP contribution in [0.25, 0.3) is 0 Å². The number of carbonyl (C=O) groups excluding carboxylic acids is 3. The number of rotatable bonds is 16. The van der Waals surface area contributed by atoms with Crippen LogP contribution >= 0.6 is 0 Å². The second kappa shape index (κ2) is 15.1. The van der Waals surface area contributed by atoms with E-state index in [1.54, 1.807) is 42.5 Å². The zero-order valence-corrected chi connectivity index (χ0v) is 20.7. The van der Waals surface area contributed by atoms with E-state index in [2.05, 4.69) is 10.2 Å². The summed E-state index contributed by atoms with van der Waals surface area (Å²) in [7, 11) is 0. The first-order valence-corrected chi connectivity index (χ1v) is 12.1. The van der Waals surface area contributed by atoms with Crippen molar-refractivity contribution in [1.29, 1.82) is 5.41 Å². The Bertz CT molecular complexity index is 1070. The SMILES string of the molecule is N=C(N)c1ccc(CCCCC(=O)NC(CC(=O)[C@H](CCCC(=O)ON)c2ccccc2)C(=O)O)cc1. The number of nitrogens with two attached hydrogens (primary N) is 2. The molecule has 0 bridgehead atoms. The second-order valence-electron chi connectivity index (χ2n) is 8.79. The summed E-state index contributed by atoms with van der Waals surface area (Å²) in [5.74, 6) is 1.58. The lowest BCUT2D eigenvalue weighted by Gasteiger charge is -2.20. The average molecular weight is 511 g/mol. The van der Waals surface area contributed by atoms with E-state index in [1.807, 2.05) is 12.1 Å². The largest absolute Gasteiger partial charge is 0.480 e. The van der Waals surface area contributed by atoms with Gasteiger partial charge in [-0.3, -0.25) is 19.8 Å². The highest BCUT2D eigenvalue weighted by atomic mass is 16.7. The van der Waals surface area contributed by atoms with Gasteiger partial charge < -0.3 is 21.0 Å². The number of nitrogen functional groups attached to an aromatic ring is 1. The van der Waals surface area contributed by atoms with Crippen LogP contribution in [0.4, 0.5) is 0 Å². The number of unbranched alkanes of at least 4 members (excludes halogenated alkanes) is 1. The minimum Gasteiger partial charge on any atom is -0.480 e. The van der Waals surface area contributed by atoms with Crippen LogP contribution in [-0.2, 0) is 30.4 Å². The van der Waals surface area contributed by atoms with E-state index in [0.717, 1.165) is 12.0 Å². The Morgan fingerprint density at radius 2 is 1.62 bits per heavy atom. The van der Waals surface area contributed by atoms with E-state index in [9.17, 15) is 24.3 Å². The molecule has 1 unspecified atom stereocenters. The van der Waals surface area contributed by atoms with E-state index >= 15 is 0 Å². The number of ketones is 1. The van der Waals surface area contributed by atoms with Gasteiger partial charge in [0.2, 0.25) is 5.91 Å². The molecular weight excluding hydrogens is 476 g/mol. The summed E-state index contributed by atoms with van der Waals surface area (Å²) in [5.41, 5.74) is 7.85. The quantitative estimate of drug-likeness (QED) is 0.0986. The Balaban J connectivity index is 1.89. The molecule has 7 N–H and O–H groups in total. The smallest absolute Gasteiger partial charge is 0.326 e. The van der Waals surface area contributed by atoms with Crippen molar-refractivity contribution in [2.75, 3.05) is 0 Å². The molecule has 2 aromatic rings. The van der Waals surface area contributed by atoms with Gasteiger partial charge in [0.1, 0.15) is 17.7 Å². The van der Waals surface area contributed by atoms with Gasteiger partial charge in [0.15, 0.2) is 0 Å². The molecule has 0 aliphatic rings. The Kier molecular flexibility index (Phi) is 11.9. The van der Waals surface area contributed by atoms with Crippen molar-refractivity contribution in [3.8, 4) is 0 Å². The maximum absolute atomic E-state index is 13.1. The van der Waals surface area contributed by atoms with Crippen LogP contribution in [0.5, 0.6) is 0 Å². The Morgan fingerprint density at radius 1 is 0.946 bits per heavy atom. The van der Waals surface area contributed by atoms with Gasteiger partial charge in [0.05, 0.1) is 0 Å². The highest BCUT2D eigenvalue weighted by Crippen LogP contribution is 2.25. The molecule has 0 saturated carbocycles. The number of hydrogen-bond donors (Lipinski definition) is 5. The number of amidine groups is 1. The normalized spacial score (nSPS) is 12.2. The topological polar surface area (TPSA) is 186 Å². The van der Waals surface area contributed by atoms with Gasteiger partial charge in [-0.15, -0.1) is 0 Å². The number of aryl methyl sites for hydroxylation is 1. The first kappa shape index (κ1) is 29.2. The number of Topliss-reactive ketones (excluding diaryl/α,β-unsaturated/α-hetero) is 1. The lowest BCUT2D eigenvalue weighted by Crippen LogP contribution is -2.42. The summed E-state index contributed by atoms with van der Waals surface area (Å²) < 4.78 is 0. The number of hydrogen-bond acceptors (Lipinski definition) is 7. The third kappa shape index (κ3) is 10.2. The molecule has 37 heavy (non-hydrogen) atoms. The fraction of sp³-hybridized carbons (Fsp3) is 0.370. The van der Waals surface area contributed by atoms with E-state index in [0.29, 0.717) is 36.8 Å². The minimum atomic E-state index is -1.35. The number of nitrogens with one attached hydrogen (secondary N) is 2. The first-order valence-electron chi connectivity index (χ1n) is 12.1. The van der Waals surface area contributed by atoms with Crippen molar-refractivity contribution in [1.82, 2.24) is 5.32 Å². The Hall–Kier alpha value is -4.05. The number of benzene rings is 2. The molecule has 0 radical (unpaired) electrons. The molecule has 0 spiro atoms. The summed E-state index contributed by atoms with van der Waals surface area (Å²) in [5, 5.41) is 19.5. The van der Waals surface area contributed by atoms with Gasteiger partial charge in [-0.05, 0) is 43.2 Å². The lowest BCUT2D eigenvalue weighted by atomic mass is 9.87. The highest BCUT2D eigenvalue weighted by molar-refractivity contribution is 5.95. The third-order valence-corrected chi connectivity index (χ3v) is 6.02. The summed E-state index contributed by atoms with van der Waals surface area (Å²) in [6, 6.07) is 14.8. The van der Waals surface area contributed by atoms with Gasteiger partial charge in [0, 0.05) is 30.7 Å². The molecule has 1 amide bonds. The van der Waals surface area contributed by atoms with Gasteiger partial charge in [-0.1, -0.05) is 54.6 Å². The van der Waals surface area contributed by atoms with Crippen molar-refractivity contribution in [2.45, 2.75) is 63.3 Å². The zero-order chi connectivity index (χ0) is 27.2. The van der Waals surface area contributed by atoms with Crippen molar-refractivity contribution < 1.29 is 29.1 Å². The van der Waals surface area contributed by atoms with Crippen molar-refractivity contribution in [3.63, 3.8) is 0 Å². The molecular formula is C27H34N4O6. The molecule has 2 rings (SSSR count). The summed E-state index contributed by atoms with van der Waals surface area (Å²) in [4.78, 5) is 52.8. The summed E-state index contributed by atoms with van der Waals surface area (Å²) in [6.45, 7) is 0. The van der Waals surface area contributed by atoms with Gasteiger partial charge >= 0.3 is 11.9 Å². The number of carboxylic acid groups (broad SMARTS) is 1. The molecule has 0 aromatic heterocycles. The molecule has 10 nitrogen and oxygen atoms in total. The van der Waals surface area contributed by atoms with Crippen LogP contribution in [0, 0.1) is 5.41 Å². The Morgan fingerprint density at radius 3 is 2.22 bits per heavy atom. The summed E-state index contributed by atoms with van der Waals surface area (Å²) in [6.07, 6.45) is 2.43. The molecule has 198 valence electrons. The van der Waals surface area contributed by atoms with Crippen molar-refractivity contribution in [3.05, 3.63) is 71.3 Å². The van der Waals surface area contributed by atoms with Crippen LogP contribution in [0.3, 0.4) is 0 Å². The summed E-state index contributed by atoms with van der Waals surface area (Å²) >= 11 is 0. The maximum Gasteiger partial charge on any atom is 0.326 e. The minimum absolute atomic E-state index is 0.000994. The predicted molar refractivity (Wildman–Crippen MR) is 138 cm³/mol. The number of carbonyl (C=O) groups is 4. The van der Waals surface area contributed by atoms with Crippen LogP contribution in [-0.4, -0.2) is 40.6 Å².